The Balaban J connectivity index is 2.14. The summed E-state index contributed by atoms with van der Waals surface area (Å²) in [5, 5.41) is 54.0. The molecule has 0 radical (unpaired) electrons. The standard InChI is InChI=1S/C21H26F4N2O8/c1-9(2)27-17(20(23,24)25)12(6-10-4-5-11(33-3)7-13(10)22)19(26-27)35-21(32)18(31)16(30)15(29)14(8-28)34-21/h4-5,7,9,14-16,18,28-32H,6,8H2,1-3H3/t14-,15-,16-,18-,21?/m1/s1. The molecule has 1 aromatic heterocycles. The Hall–Kier alpha value is -2.49. The zero-order valence-electron chi connectivity index (χ0n) is 18.9. The van der Waals surface area contributed by atoms with Gasteiger partial charge in [0.2, 0.25) is 5.88 Å². The second kappa shape index (κ2) is 9.87. The summed E-state index contributed by atoms with van der Waals surface area (Å²) in [5.74, 6) is -4.83. The van der Waals surface area contributed by atoms with Crippen LogP contribution >= 0.6 is 0 Å². The lowest BCUT2D eigenvalue weighted by Gasteiger charge is -2.43. The van der Waals surface area contributed by atoms with Gasteiger partial charge in [-0.25, -0.2) is 4.39 Å². The third kappa shape index (κ3) is 5.22. The van der Waals surface area contributed by atoms with E-state index < -0.39 is 78.6 Å². The average molecular weight is 510 g/mol. The molecule has 10 nitrogen and oxygen atoms in total. The number of hydrogen-bond acceptors (Lipinski definition) is 9. The van der Waals surface area contributed by atoms with Crippen LogP contribution < -0.4 is 9.47 Å². The van der Waals surface area contributed by atoms with Gasteiger partial charge in [0.15, 0.2) is 6.10 Å². The molecule has 1 aliphatic heterocycles. The number of aliphatic hydroxyl groups is 5. The van der Waals surface area contributed by atoms with E-state index in [1.54, 1.807) is 0 Å². The molecule has 196 valence electrons. The molecule has 1 fully saturated rings. The minimum absolute atomic E-state index is 0.132. The highest BCUT2D eigenvalue weighted by molar-refractivity contribution is 5.40. The summed E-state index contributed by atoms with van der Waals surface area (Å²) in [7, 11) is 1.29. The van der Waals surface area contributed by atoms with E-state index in [0.717, 1.165) is 6.07 Å². The topological polar surface area (TPSA) is 147 Å². The molecule has 0 aliphatic carbocycles. The zero-order valence-corrected chi connectivity index (χ0v) is 18.9. The number of rotatable bonds is 7. The van der Waals surface area contributed by atoms with Crippen molar-refractivity contribution in [1.82, 2.24) is 9.78 Å². The van der Waals surface area contributed by atoms with Gasteiger partial charge in [0.25, 0.3) is 0 Å². The first kappa shape index (κ1) is 27.1. The van der Waals surface area contributed by atoms with Gasteiger partial charge in [-0.2, -0.15) is 13.2 Å². The summed E-state index contributed by atoms with van der Waals surface area (Å²) in [5.41, 5.74) is -2.18. The number of alkyl halides is 3. The Bertz CT molecular complexity index is 1050. The number of nitrogens with zero attached hydrogens (tertiary/aromatic N) is 2. The number of benzene rings is 1. The number of methoxy groups -OCH3 is 1. The second-order valence-corrected chi connectivity index (χ2v) is 8.30. The summed E-state index contributed by atoms with van der Waals surface area (Å²) < 4.78 is 72.5. The smallest absolute Gasteiger partial charge is 0.433 e. The van der Waals surface area contributed by atoms with Crippen LogP contribution in [0.25, 0.3) is 0 Å². The molecule has 1 unspecified atom stereocenters. The minimum atomic E-state index is -4.99. The molecule has 14 heteroatoms. The van der Waals surface area contributed by atoms with Crippen molar-refractivity contribution in [3.63, 3.8) is 0 Å². The summed E-state index contributed by atoms with van der Waals surface area (Å²) in [4.78, 5) is 0. The van der Waals surface area contributed by atoms with Gasteiger partial charge < -0.3 is 39.7 Å². The largest absolute Gasteiger partial charge is 0.497 e. The van der Waals surface area contributed by atoms with Crippen LogP contribution in [0.5, 0.6) is 11.6 Å². The normalized spacial score (nSPS) is 27.3. The fraction of sp³-hybridized carbons (Fsp3) is 0.571. The molecule has 0 saturated carbocycles. The van der Waals surface area contributed by atoms with E-state index in [4.69, 9.17) is 14.2 Å². The van der Waals surface area contributed by atoms with Crippen LogP contribution in [0.1, 0.15) is 36.7 Å². The predicted molar refractivity (Wildman–Crippen MR) is 109 cm³/mol. The zero-order chi connectivity index (χ0) is 26.3. The van der Waals surface area contributed by atoms with Gasteiger partial charge in [-0.05, 0) is 25.5 Å². The molecular formula is C21H26F4N2O8. The van der Waals surface area contributed by atoms with E-state index in [2.05, 4.69) is 5.10 Å². The Morgan fingerprint density at radius 2 is 1.86 bits per heavy atom. The van der Waals surface area contributed by atoms with Crippen LogP contribution in [0.2, 0.25) is 0 Å². The van der Waals surface area contributed by atoms with Crippen LogP contribution in [0.3, 0.4) is 0 Å². The molecule has 1 aromatic carbocycles. The van der Waals surface area contributed by atoms with Crippen LogP contribution in [-0.2, 0) is 17.3 Å². The SMILES string of the molecule is COc1ccc(Cc2c(OC3(O)O[C@H](CO)[C@@H](O)[C@@H](O)[C@H]3O)nn(C(C)C)c2C(F)(F)F)c(F)c1. The quantitative estimate of drug-likeness (QED) is 0.269. The maximum absolute atomic E-state index is 14.6. The van der Waals surface area contributed by atoms with Crippen molar-refractivity contribution in [1.29, 1.82) is 0 Å². The molecule has 2 aromatic rings. The lowest BCUT2D eigenvalue weighted by Crippen LogP contribution is -2.67. The fourth-order valence-electron chi connectivity index (χ4n) is 3.70. The van der Waals surface area contributed by atoms with Crippen molar-refractivity contribution < 1.29 is 57.3 Å². The van der Waals surface area contributed by atoms with Crippen LogP contribution in [0, 0.1) is 5.82 Å². The molecule has 0 spiro atoms. The Morgan fingerprint density at radius 3 is 2.37 bits per heavy atom. The van der Waals surface area contributed by atoms with Crippen molar-refractivity contribution in [3.05, 3.63) is 40.8 Å². The Morgan fingerprint density at radius 1 is 1.20 bits per heavy atom. The van der Waals surface area contributed by atoms with Crippen molar-refractivity contribution in [2.24, 2.45) is 0 Å². The second-order valence-electron chi connectivity index (χ2n) is 8.30. The van der Waals surface area contributed by atoms with E-state index in [0.29, 0.717) is 4.68 Å². The van der Waals surface area contributed by atoms with Gasteiger partial charge >= 0.3 is 12.1 Å². The third-order valence-corrected chi connectivity index (χ3v) is 5.53. The molecule has 2 heterocycles. The van der Waals surface area contributed by atoms with E-state index in [9.17, 15) is 43.1 Å². The number of hydrogen-bond donors (Lipinski definition) is 5. The van der Waals surface area contributed by atoms with E-state index in [1.807, 2.05) is 0 Å². The van der Waals surface area contributed by atoms with Crippen LogP contribution in [0.15, 0.2) is 18.2 Å². The van der Waals surface area contributed by atoms with Crippen molar-refractivity contribution in [2.45, 2.75) is 62.9 Å². The first-order valence-electron chi connectivity index (χ1n) is 10.5. The summed E-state index contributed by atoms with van der Waals surface area (Å²) in [6.45, 7) is 1.85. The van der Waals surface area contributed by atoms with Crippen LogP contribution in [-0.4, -0.2) is 79.4 Å². The van der Waals surface area contributed by atoms with Crippen molar-refractivity contribution >= 4 is 0 Å². The highest BCUT2D eigenvalue weighted by Gasteiger charge is 2.56. The van der Waals surface area contributed by atoms with Gasteiger partial charge in [-0.3, -0.25) is 4.68 Å². The lowest BCUT2D eigenvalue weighted by molar-refractivity contribution is -0.423. The average Bonchev–Trinajstić information content (AvgIpc) is 3.14. The lowest BCUT2D eigenvalue weighted by atomic mass is 9.98. The molecule has 0 bridgehead atoms. The van der Waals surface area contributed by atoms with Crippen molar-refractivity contribution in [3.8, 4) is 11.6 Å². The maximum Gasteiger partial charge on any atom is 0.433 e. The van der Waals surface area contributed by atoms with E-state index in [-0.39, 0.29) is 11.3 Å². The number of halogens is 4. The number of aromatic nitrogens is 2. The Labute approximate surface area is 196 Å². The molecule has 1 aliphatic rings. The van der Waals surface area contributed by atoms with Gasteiger partial charge in [-0.15, -0.1) is 5.10 Å². The highest BCUT2D eigenvalue weighted by Crippen LogP contribution is 2.41. The molecule has 35 heavy (non-hydrogen) atoms. The maximum atomic E-state index is 14.6. The first-order valence-corrected chi connectivity index (χ1v) is 10.5. The fourth-order valence-corrected chi connectivity index (χ4v) is 3.70. The summed E-state index contributed by atoms with van der Waals surface area (Å²) >= 11 is 0. The number of ether oxygens (including phenoxy) is 3. The predicted octanol–water partition coefficient (Wildman–Crippen LogP) is 0.720. The molecule has 1 saturated heterocycles. The molecule has 3 rings (SSSR count). The van der Waals surface area contributed by atoms with Gasteiger partial charge in [0.05, 0.1) is 19.3 Å². The molecule has 5 atom stereocenters. The molecular weight excluding hydrogens is 484 g/mol. The molecule has 0 amide bonds. The highest BCUT2D eigenvalue weighted by atomic mass is 19.4. The monoisotopic (exact) mass is 510 g/mol. The van der Waals surface area contributed by atoms with E-state index in [1.165, 1.54) is 33.1 Å². The van der Waals surface area contributed by atoms with Crippen LogP contribution in [0.4, 0.5) is 17.6 Å². The Kier molecular flexibility index (Phi) is 7.64. The molecule has 5 N–H and O–H groups in total. The minimum Gasteiger partial charge on any atom is -0.497 e. The van der Waals surface area contributed by atoms with E-state index >= 15 is 0 Å². The van der Waals surface area contributed by atoms with Gasteiger partial charge in [-0.1, -0.05) is 6.07 Å². The first-order chi connectivity index (χ1) is 16.2. The van der Waals surface area contributed by atoms with Crippen molar-refractivity contribution in [2.75, 3.05) is 13.7 Å². The summed E-state index contributed by atoms with van der Waals surface area (Å²) in [6, 6.07) is 2.64. The van der Waals surface area contributed by atoms with Gasteiger partial charge in [0, 0.05) is 18.5 Å². The third-order valence-electron chi connectivity index (χ3n) is 5.53. The number of aliphatic hydroxyl groups excluding tert-OH is 4. The van der Waals surface area contributed by atoms with Gasteiger partial charge in [0.1, 0.15) is 35.6 Å². The summed E-state index contributed by atoms with van der Waals surface area (Å²) in [6.07, 6.45) is -13.7.